The third kappa shape index (κ3) is 4.62. The molecule has 0 aliphatic rings. The highest BCUT2D eigenvalue weighted by molar-refractivity contribution is 7.89. The number of aryl methyl sites for hydroxylation is 2. The summed E-state index contributed by atoms with van der Waals surface area (Å²) in [4.78, 5) is 12.5. The van der Waals surface area contributed by atoms with E-state index in [-0.39, 0.29) is 22.1 Å². The molecular formula is C19H24N2O4S. The quantitative estimate of drug-likeness (QED) is 0.777. The Morgan fingerprint density at radius 1 is 1.12 bits per heavy atom. The average molecular weight is 376 g/mol. The van der Waals surface area contributed by atoms with Crippen molar-refractivity contribution in [3.05, 3.63) is 53.1 Å². The van der Waals surface area contributed by atoms with Crippen LogP contribution in [0.1, 0.15) is 34.8 Å². The minimum Gasteiger partial charge on any atom is -0.495 e. The lowest BCUT2D eigenvalue weighted by molar-refractivity contribution is 0.102. The third-order valence-corrected chi connectivity index (χ3v) is 5.37. The Hall–Kier alpha value is -2.38. The number of amides is 1. The number of hydrogen-bond acceptors (Lipinski definition) is 4. The van der Waals surface area contributed by atoms with E-state index in [1.54, 1.807) is 0 Å². The third-order valence-electron chi connectivity index (χ3n) is 3.89. The van der Waals surface area contributed by atoms with Gasteiger partial charge in [-0.25, -0.2) is 13.1 Å². The predicted octanol–water partition coefficient (Wildman–Crippen LogP) is 3.25. The number of methoxy groups -OCH3 is 1. The van der Waals surface area contributed by atoms with Gasteiger partial charge >= 0.3 is 0 Å². The van der Waals surface area contributed by atoms with E-state index in [2.05, 4.69) is 10.0 Å². The lowest BCUT2D eigenvalue weighted by Crippen LogP contribution is -2.25. The summed E-state index contributed by atoms with van der Waals surface area (Å²) in [6.45, 7) is 6.06. The van der Waals surface area contributed by atoms with E-state index in [0.717, 1.165) is 11.1 Å². The second kappa shape index (κ2) is 8.33. The van der Waals surface area contributed by atoms with Crippen molar-refractivity contribution in [1.29, 1.82) is 0 Å². The molecule has 2 N–H and O–H groups in total. The molecule has 2 aromatic carbocycles. The second-order valence-corrected chi connectivity index (χ2v) is 7.77. The number of carbonyl (C=O) groups excluding carboxylic acids is 1. The summed E-state index contributed by atoms with van der Waals surface area (Å²) in [6.07, 6.45) is 0.661. The molecule has 6 nitrogen and oxygen atoms in total. The Morgan fingerprint density at radius 3 is 2.46 bits per heavy atom. The van der Waals surface area contributed by atoms with Crippen LogP contribution in [-0.4, -0.2) is 28.0 Å². The number of carbonyl (C=O) groups is 1. The van der Waals surface area contributed by atoms with Gasteiger partial charge in [-0.15, -0.1) is 0 Å². The van der Waals surface area contributed by atoms with Gasteiger partial charge < -0.3 is 10.1 Å². The Labute approximate surface area is 154 Å². The normalized spacial score (nSPS) is 11.2. The predicted molar refractivity (Wildman–Crippen MR) is 102 cm³/mol. The van der Waals surface area contributed by atoms with Crippen molar-refractivity contribution in [3.8, 4) is 5.75 Å². The van der Waals surface area contributed by atoms with Gasteiger partial charge in [0.2, 0.25) is 10.0 Å². The number of anilines is 1. The largest absolute Gasteiger partial charge is 0.495 e. The fourth-order valence-corrected chi connectivity index (χ4v) is 3.82. The van der Waals surface area contributed by atoms with Crippen molar-refractivity contribution in [2.75, 3.05) is 19.0 Å². The Kier molecular flexibility index (Phi) is 6.39. The summed E-state index contributed by atoms with van der Waals surface area (Å²) in [6, 6.07) is 10.0. The first-order valence-corrected chi connectivity index (χ1v) is 9.83. The summed E-state index contributed by atoms with van der Waals surface area (Å²) in [5.41, 5.74) is 2.96. The van der Waals surface area contributed by atoms with Gasteiger partial charge in [0.25, 0.3) is 5.91 Å². The smallest absolute Gasteiger partial charge is 0.255 e. The summed E-state index contributed by atoms with van der Waals surface area (Å²) in [5.74, 6) is -0.191. The molecule has 140 valence electrons. The fraction of sp³-hybridized carbons (Fsp3) is 0.316. The van der Waals surface area contributed by atoms with Gasteiger partial charge in [0.15, 0.2) is 0 Å². The van der Waals surface area contributed by atoms with Crippen molar-refractivity contribution in [2.45, 2.75) is 32.1 Å². The van der Waals surface area contributed by atoms with Gasteiger partial charge in [-0.3, -0.25) is 4.79 Å². The van der Waals surface area contributed by atoms with Crippen molar-refractivity contribution in [1.82, 2.24) is 4.72 Å². The Bertz CT molecular complexity index is 908. The number of benzene rings is 2. The first-order valence-electron chi connectivity index (χ1n) is 8.34. The maximum Gasteiger partial charge on any atom is 0.255 e. The molecule has 0 heterocycles. The minimum atomic E-state index is -3.76. The van der Waals surface area contributed by atoms with Crippen LogP contribution in [0.25, 0.3) is 0 Å². The molecule has 0 aliphatic heterocycles. The van der Waals surface area contributed by atoms with Crippen LogP contribution >= 0.6 is 0 Å². The number of sulfonamides is 1. The molecule has 2 rings (SSSR count). The second-order valence-electron chi connectivity index (χ2n) is 6.04. The van der Waals surface area contributed by atoms with Gasteiger partial charge in [0.1, 0.15) is 10.6 Å². The highest BCUT2D eigenvalue weighted by Gasteiger charge is 2.21. The molecule has 7 heteroatoms. The van der Waals surface area contributed by atoms with E-state index in [1.165, 1.54) is 25.3 Å². The van der Waals surface area contributed by atoms with Gasteiger partial charge in [0, 0.05) is 17.8 Å². The number of nitrogens with one attached hydrogen (secondary N) is 2. The lowest BCUT2D eigenvalue weighted by Gasteiger charge is -2.13. The van der Waals surface area contributed by atoms with Crippen molar-refractivity contribution in [3.63, 3.8) is 0 Å². The van der Waals surface area contributed by atoms with Crippen LogP contribution in [0, 0.1) is 13.8 Å². The molecule has 0 aromatic heterocycles. The molecule has 0 saturated carbocycles. The monoisotopic (exact) mass is 376 g/mol. The van der Waals surface area contributed by atoms with Gasteiger partial charge in [-0.1, -0.05) is 24.6 Å². The van der Waals surface area contributed by atoms with Crippen LogP contribution in [0.4, 0.5) is 5.69 Å². The molecule has 0 fully saturated rings. The van der Waals surface area contributed by atoms with E-state index in [4.69, 9.17) is 4.74 Å². The number of ether oxygens (including phenoxy) is 1. The van der Waals surface area contributed by atoms with Crippen LogP contribution in [0.3, 0.4) is 0 Å². The van der Waals surface area contributed by atoms with Crippen LogP contribution in [0.2, 0.25) is 0 Å². The molecule has 2 aromatic rings. The summed E-state index contributed by atoms with van der Waals surface area (Å²) in [7, 11) is -2.37. The van der Waals surface area contributed by atoms with Crippen molar-refractivity contribution >= 4 is 21.6 Å². The van der Waals surface area contributed by atoms with Crippen molar-refractivity contribution < 1.29 is 17.9 Å². The molecule has 0 spiro atoms. The zero-order chi connectivity index (χ0) is 19.3. The zero-order valence-electron chi connectivity index (χ0n) is 15.4. The number of rotatable bonds is 7. The maximum atomic E-state index is 12.6. The molecule has 1 amide bonds. The molecule has 0 radical (unpaired) electrons. The van der Waals surface area contributed by atoms with Gasteiger partial charge in [-0.2, -0.15) is 0 Å². The molecule has 0 bridgehead atoms. The topological polar surface area (TPSA) is 84.5 Å². The SMILES string of the molecule is CCCNS(=O)(=O)c1cc(C(=O)Nc2ccc(C)cc2C)ccc1OC. The Morgan fingerprint density at radius 2 is 1.85 bits per heavy atom. The standard InChI is InChI=1S/C19H24N2O4S/c1-5-10-20-26(23,24)18-12-15(7-9-17(18)25-4)19(22)21-16-8-6-13(2)11-14(16)3/h6-9,11-12,20H,5,10H2,1-4H3,(H,21,22). The first kappa shape index (κ1) is 19.9. The van der Waals surface area contributed by atoms with E-state index in [0.29, 0.717) is 18.7 Å². The minimum absolute atomic E-state index is 0.0540. The van der Waals surface area contributed by atoms with Gasteiger partial charge in [-0.05, 0) is 50.1 Å². The molecule has 0 unspecified atom stereocenters. The van der Waals surface area contributed by atoms with E-state index < -0.39 is 10.0 Å². The molecule has 26 heavy (non-hydrogen) atoms. The molecule has 0 aliphatic carbocycles. The summed E-state index contributed by atoms with van der Waals surface area (Å²) in [5, 5.41) is 2.82. The van der Waals surface area contributed by atoms with Gasteiger partial charge in [0.05, 0.1) is 7.11 Å². The fourth-order valence-electron chi connectivity index (χ4n) is 2.49. The molecular weight excluding hydrogens is 352 g/mol. The van der Waals surface area contributed by atoms with Crippen LogP contribution < -0.4 is 14.8 Å². The van der Waals surface area contributed by atoms with Crippen LogP contribution in [0.5, 0.6) is 5.75 Å². The highest BCUT2D eigenvalue weighted by Crippen LogP contribution is 2.26. The summed E-state index contributed by atoms with van der Waals surface area (Å²) < 4.78 is 32.6. The summed E-state index contributed by atoms with van der Waals surface area (Å²) >= 11 is 0. The zero-order valence-corrected chi connectivity index (χ0v) is 16.2. The van der Waals surface area contributed by atoms with Crippen molar-refractivity contribution in [2.24, 2.45) is 0 Å². The van der Waals surface area contributed by atoms with E-state index >= 15 is 0 Å². The van der Waals surface area contributed by atoms with E-state index in [9.17, 15) is 13.2 Å². The Balaban J connectivity index is 2.35. The first-order chi connectivity index (χ1) is 12.3. The number of hydrogen-bond donors (Lipinski definition) is 2. The molecule has 0 atom stereocenters. The van der Waals surface area contributed by atoms with Crippen LogP contribution in [-0.2, 0) is 10.0 Å². The maximum absolute atomic E-state index is 12.6. The van der Waals surface area contributed by atoms with E-state index in [1.807, 2.05) is 39.0 Å². The molecule has 0 saturated heterocycles. The average Bonchev–Trinajstić information content (AvgIpc) is 2.61. The lowest BCUT2D eigenvalue weighted by atomic mass is 10.1. The van der Waals surface area contributed by atoms with Crippen LogP contribution in [0.15, 0.2) is 41.3 Å². The highest BCUT2D eigenvalue weighted by atomic mass is 32.2.